The molecule has 0 heterocycles. The second-order valence-electron chi connectivity index (χ2n) is 7.33. The van der Waals surface area contributed by atoms with E-state index in [2.05, 4.69) is 42.9 Å². The summed E-state index contributed by atoms with van der Waals surface area (Å²) in [6.07, 6.45) is 1.63. The van der Waals surface area contributed by atoms with Gasteiger partial charge < -0.3 is 4.74 Å². The van der Waals surface area contributed by atoms with Gasteiger partial charge in [-0.05, 0) is 50.2 Å². The van der Waals surface area contributed by atoms with Gasteiger partial charge in [-0.15, -0.1) is 0 Å². The van der Waals surface area contributed by atoms with Crippen molar-refractivity contribution in [3.05, 3.63) is 35.4 Å². The second-order valence-corrected chi connectivity index (χ2v) is 7.33. The molecule has 1 aliphatic rings. The van der Waals surface area contributed by atoms with Crippen molar-refractivity contribution in [2.45, 2.75) is 64.5 Å². The first-order valence-electron chi connectivity index (χ1n) is 7.53. The number of rotatable bonds is 2. The zero-order valence-corrected chi connectivity index (χ0v) is 13.6. The molecule has 1 aromatic rings. The van der Waals surface area contributed by atoms with E-state index in [-0.39, 0.29) is 11.5 Å². The summed E-state index contributed by atoms with van der Waals surface area (Å²) in [5, 5.41) is 0. The molecule has 0 aromatic heterocycles. The van der Waals surface area contributed by atoms with Gasteiger partial charge in [0.2, 0.25) is 0 Å². The average molecular weight is 290 g/mol. The molecule has 1 aliphatic carbocycles. The number of benzene rings is 1. The lowest BCUT2D eigenvalue weighted by atomic mass is 9.71. The molecule has 1 amide bonds. The van der Waals surface area contributed by atoms with Crippen LogP contribution in [0.4, 0.5) is 4.79 Å². The summed E-state index contributed by atoms with van der Waals surface area (Å²) < 4.78 is 5.25. The van der Waals surface area contributed by atoms with Crippen molar-refractivity contribution in [3.63, 3.8) is 0 Å². The minimum absolute atomic E-state index is 0.127. The van der Waals surface area contributed by atoms with Crippen molar-refractivity contribution in [1.82, 2.24) is 10.9 Å². The Bertz CT molecular complexity index is 518. The van der Waals surface area contributed by atoms with Crippen molar-refractivity contribution in [2.24, 2.45) is 0 Å². The van der Waals surface area contributed by atoms with Gasteiger partial charge in [-0.3, -0.25) is 5.43 Å². The number of fused-ring (bicyclic) bond motifs is 1. The monoisotopic (exact) mass is 290 g/mol. The fourth-order valence-electron chi connectivity index (χ4n) is 2.81. The molecule has 0 aliphatic heterocycles. The van der Waals surface area contributed by atoms with Crippen LogP contribution in [0.1, 0.15) is 64.6 Å². The highest BCUT2D eigenvalue weighted by Crippen LogP contribution is 2.40. The molecule has 0 radical (unpaired) electrons. The maximum Gasteiger partial charge on any atom is 0.422 e. The van der Waals surface area contributed by atoms with Gasteiger partial charge in [0.05, 0.1) is 6.04 Å². The van der Waals surface area contributed by atoms with Gasteiger partial charge in [-0.1, -0.05) is 38.1 Å². The maximum atomic E-state index is 11.7. The molecule has 2 N–H and O–H groups in total. The van der Waals surface area contributed by atoms with E-state index in [9.17, 15) is 4.79 Å². The van der Waals surface area contributed by atoms with Gasteiger partial charge in [0.25, 0.3) is 0 Å². The Kier molecular flexibility index (Phi) is 4.28. The van der Waals surface area contributed by atoms with Gasteiger partial charge in [0, 0.05) is 0 Å². The van der Waals surface area contributed by atoms with Crippen LogP contribution in [0.3, 0.4) is 0 Å². The number of nitrogens with one attached hydrogen (secondary N) is 2. The molecule has 2 rings (SSSR count). The molecule has 1 aromatic carbocycles. The third-order valence-corrected chi connectivity index (χ3v) is 3.87. The van der Waals surface area contributed by atoms with E-state index in [1.807, 2.05) is 26.8 Å². The Morgan fingerprint density at radius 2 is 1.95 bits per heavy atom. The van der Waals surface area contributed by atoms with Crippen molar-refractivity contribution < 1.29 is 9.53 Å². The Morgan fingerprint density at radius 1 is 1.29 bits per heavy atom. The minimum atomic E-state index is -0.488. The second kappa shape index (κ2) is 5.68. The largest absolute Gasteiger partial charge is 0.443 e. The van der Waals surface area contributed by atoms with Crippen LogP contribution in [-0.2, 0) is 10.2 Å². The molecule has 4 nitrogen and oxygen atoms in total. The lowest BCUT2D eigenvalue weighted by molar-refractivity contribution is 0.0484. The van der Waals surface area contributed by atoms with Gasteiger partial charge in [-0.2, -0.15) is 0 Å². The van der Waals surface area contributed by atoms with Gasteiger partial charge in [0.1, 0.15) is 5.60 Å². The molecule has 1 atom stereocenters. The molecule has 21 heavy (non-hydrogen) atoms. The van der Waals surface area contributed by atoms with E-state index in [1.54, 1.807) is 0 Å². The first kappa shape index (κ1) is 15.8. The number of ether oxygens (including phenoxy) is 1. The standard InChI is InChI=1S/C17H26N2O2/c1-16(2,3)21-15(20)19-18-14-10-11-17(4,5)13-9-7-6-8-12(13)14/h6-9,14,18H,10-11H2,1-5H3,(H,19,20). The number of carbonyl (C=O) groups is 1. The Balaban J connectivity index is 2.04. The maximum absolute atomic E-state index is 11.7. The highest BCUT2D eigenvalue weighted by molar-refractivity contribution is 5.67. The summed E-state index contributed by atoms with van der Waals surface area (Å²) in [6.45, 7) is 10.1. The molecule has 0 saturated heterocycles. The number of hydrazine groups is 1. The van der Waals surface area contributed by atoms with Crippen LogP contribution >= 0.6 is 0 Å². The van der Waals surface area contributed by atoms with Crippen LogP contribution in [0.25, 0.3) is 0 Å². The van der Waals surface area contributed by atoms with Crippen molar-refractivity contribution in [2.75, 3.05) is 0 Å². The van der Waals surface area contributed by atoms with Crippen LogP contribution in [0.2, 0.25) is 0 Å². The van der Waals surface area contributed by atoms with E-state index in [0.29, 0.717) is 0 Å². The molecule has 0 fully saturated rings. The molecule has 0 bridgehead atoms. The van der Waals surface area contributed by atoms with Crippen LogP contribution in [0.15, 0.2) is 24.3 Å². The molecule has 1 unspecified atom stereocenters. The van der Waals surface area contributed by atoms with Crippen molar-refractivity contribution in [1.29, 1.82) is 0 Å². The molecule has 4 heteroatoms. The predicted octanol–water partition coefficient (Wildman–Crippen LogP) is 3.83. The van der Waals surface area contributed by atoms with E-state index in [0.717, 1.165) is 12.8 Å². The highest BCUT2D eigenvalue weighted by atomic mass is 16.6. The zero-order chi connectivity index (χ0) is 15.7. The number of hydrogen-bond donors (Lipinski definition) is 2. The first-order chi connectivity index (χ1) is 9.69. The Morgan fingerprint density at radius 3 is 2.62 bits per heavy atom. The predicted molar refractivity (Wildman–Crippen MR) is 83.9 cm³/mol. The normalized spacial score (nSPS) is 20.5. The van der Waals surface area contributed by atoms with Crippen LogP contribution in [0.5, 0.6) is 0 Å². The quantitative estimate of drug-likeness (QED) is 0.814. The molecule has 116 valence electrons. The third-order valence-electron chi connectivity index (χ3n) is 3.87. The van der Waals surface area contributed by atoms with Gasteiger partial charge >= 0.3 is 6.09 Å². The van der Waals surface area contributed by atoms with E-state index >= 15 is 0 Å². The van der Waals surface area contributed by atoms with Crippen molar-refractivity contribution >= 4 is 6.09 Å². The van der Waals surface area contributed by atoms with Crippen molar-refractivity contribution in [3.8, 4) is 0 Å². The van der Waals surface area contributed by atoms with Gasteiger partial charge in [-0.25, -0.2) is 10.2 Å². The Labute approximate surface area is 127 Å². The Hall–Kier alpha value is -1.55. The molecular formula is C17H26N2O2. The smallest absolute Gasteiger partial charge is 0.422 e. The molecular weight excluding hydrogens is 264 g/mol. The first-order valence-corrected chi connectivity index (χ1v) is 7.53. The highest BCUT2D eigenvalue weighted by Gasteiger charge is 2.32. The average Bonchev–Trinajstić information content (AvgIpc) is 2.36. The SMILES string of the molecule is CC(C)(C)OC(=O)NNC1CCC(C)(C)c2ccccc21. The van der Waals surface area contributed by atoms with Crippen LogP contribution in [-0.4, -0.2) is 11.7 Å². The zero-order valence-electron chi connectivity index (χ0n) is 13.6. The summed E-state index contributed by atoms with van der Waals surface area (Å²) >= 11 is 0. The molecule has 0 saturated carbocycles. The summed E-state index contributed by atoms with van der Waals surface area (Å²) in [5.41, 5.74) is 8.07. The fraction of sp³-hybridized carbons (Fsp3) is 0.588. The minimum Gasteiger partial charge on any atom is -0.443 e. The fourth-order valence-corrected chi connectivity index (χ4v) is 2.81. The summed E-state index contributed by atoms with van der Waals surface area (Å²) in [4.78, 5) is 11.7. The lowest BCUT2D eigenvalue weighted by Gasteiger charge is -2.37. The van der Waals surface area contributed by atoms with E-state index < -0.39 is 11.7 Å². The van der Waals surface area contributed by atoms with E-state index in [4.69, 9.17) is 4.74 Å². The lowest BCUT2D eigenvalue weighted by Crippen LogP contribution is -2.45. The number of amides is 1. The molecule has 0 spiro atoms. The summed E-state index contributed by atoms with van der Waals surface area (Å²) in [7, 11) is 0. The number of hydrogen-bond acceptors (Lipinski definition) is 3. The van der Waals surface area contributed by atoms with Gasteiger partial charge in [0.15, 0.2) is 0 Å². The summed E-state index contributed by atoms with van der Waals surface area (Å²) in [5.74, 6) is 0. The number of carbonyl (C=O) groups excluding carboxylic acids is 1. The summed E-state index contributed by atoms with van der Waals surface area (Å²) in [6, 6.07) is 8.55. The van der Waals surface area contributed by atoms with Crippen LogP contribution < -0.4 is 10.9 Å². The van der Waals surface area contributed by atoms with E-state index in [1.165, 1.54) is 11.1 Å². The van der Waals surface area contributed by atoms with Crippen LogP contribution in [0, 0.1) is 0 Å². The third kappa shape index (κ3) is 3.97. The topological polar surface area (TPSA) is 50.4 Å².